The van der Waals surface area contributed by atoms with Crippen LogP contribution in [0.15, 0.2) is 42.5 Å². The Morgan fingerprint density at radius 3 is 2.43 bits per heavy atom. The van der Waals surface area contributed by atoms with Gasteiger partial charge in [-0.25, -0.2) is 4.39 Å². The second-order valence-corrected chi connectivity index (χ2v) is 6.65. The molecule has 21 heavy (non-hydrogen) atoms. The van der Waals surface area contributed by atoms with Gasteiger partial charge in [0, 0.05) is 6.42 Å². The minimum Gasteiger partial charge on any atom is -0.388 e. The highest BCUT2D eigenvalue weighted by Crippen LogP contribution is 2.32. The molecule has 0 aliphatic carbocycles. The first-order valence-corrected chi connectivity index (χ1v) is 7.39. The van der Waals surface area contributed by atoms with Crippen LogP contribution in [0.3, 0.4) is 0 Å². The van der Waals surface area contributed by atoms with E-state index >= 15 is 0 Å². The Balaban J connectivity index is 2.33. The lowest BCUT2D eigenvalue weighted by Crippen LogP contribution is -2.17. The zero-order chi connectivity index (χ0) is 15.6. The standard InChI is InChI=1S/C18H20ClFO/c1-18(2,3)14-9-5-4-8-13(14)16(21)11-12-7-6-10-15(20)17(12)19/h4-10,16,21H,11H2,1-3H3. The summed E-state index contributed by atoms with van der Waals surface area (Å²) < 4.78 is 13.5. The van der Waals surface area contributed by atoms with E-state index in [9.17, 15) is 9.50 Å². The maximum absolute atomic E-state index is 13.5. The van der Waals surface area contributed by atoms with E-state index in [1.807, 2.05) is 24.3 Å². The van der Waals surface area contributed by atoms with E-state index in [4.69, 9.17) is 11.6 Å². The minimum atomic E-state index is -0.709. The van der Waals surface area contributed by atoms with Crippen molar-refractivity contribution < 1.29 is 9.50 Å². The summed E-state index contributed by atoms with van der Waals surface area (Å²) in [7, 11) is 0. The third-order valence-electron chi connectivity index (χ3n) is 3.57. The van der Waals surface area contributed by atoms with Gasteiger partial charge in [0.1, 0.15) is 5.82 Å². The molecule has 0 saturated heterocycles. The molecule has 0 aliphatic heterocycles. The van der Waals surface area contributed by atoms with Crippen LogP contribution in [-0.2, 0) is 11.8 Å². The number of aliphatic hydroxyl groups excluding tert-OH is 1. The van der Waals surface area contributed by atoms with Gasteiger partial charge in [0.2, 0.25) is 0 Å². The van der Waals surface area contributed by atoms with Crippen molar-refractivity contribution in [1.29, 1.82) is 0 Å². The molecule has 0 bridgehead atoms. The number of benzene rings is 2. The van der Waals surface area contributed by atoms with Crippen molar-refractivity contribution in [3.8, 4) is 0 Å². The van der Waals surface area contributed by atoms with Gasteiger partial charge in [0.25, 0.3) is 0 Å². The SMILES string of the molecule is CC(C)(C)c1ccccc1C(O)Cc1cccc(F)c1Cl. The van der Waals surface area contributed by atoms with Crippen molar-refractivity contribution in [3.63, 3.8) is 0 Å². The lowest BCUT2D eigenvalue weighted by atomic mass is 9.81. The first kappa shape index (κ1) is 16.0. The third kappa shape index (κ3) is 3.63. The van der Waals surface area contributed by atoms with Crippen LogP contribution in [0.5, 0.6) is 0 Å². The van der Waals surface area contributed by atoms with Gasteiger partial charge in [-0.15, -0.1) is 0 Å². The summed E-state index contributed by atoms with van der Waals surface area (Å²) in [5.74, 6) is -0.453. The average molecular weight is 307 g/mol. The van der Waals surface area contributed by atoms with Crippen molar-refractivity contribution in [2.75, 3.05) is 0 Å². The highest BCUT2D eigenvalue weighted by atomic mass is 35.5. The van der Waals surface area contributed by atoms with Gasteiger partial charge in [-0.05, 0) is 28.2 Å². The summed E-state index contributed by atoms with van der Waals surface area (Å²) >= 11 is 5.97. The summed E-state index contributed by atoms with van der Waals surface area (Å²) in [4.78, 5) is 0. The van der Waals surface area contributed by atoms with Crippen molar-refractivity contribution >= 4 is 11.6 Å². The molecule has 0 amide bonds. The molecule has 0 saturated carbocycles. The van der Waals surface area contributed by atoms with E-state index < -0.39 is 11.9 Å². The summed E-state index contributed by atoms with van der Waals surface area (Å²) in [6.07, 6.45) is -0.413. The molecule has 0 radical (unpaired) electrons. The van der Waals surface area contributed by atoms with Gasteiger partial charge in [-0.1, -0.05) is 68.8 Å². The number of rotatable bonds is 3. The Labute approximate surface area is 130 Å². The monoisotopic (exact) mass is 306 g/mol. The summed E-state index contributed by atoms with van der Waals surface area (Å²) in [5, 5.41) is 10.6. The lowest BCUT2D eigenvalue weighted by Gasteiger charge is -2.25. The van der Waals surface area contributed by atoms with Gasteiger partial charge >= 0.3 is 0 Å². The van der Waals surface area contributed by atoms with E-state index in [0.717, 1.165) is 11.1 Å². The van der Waals surface area contributed by atoms with E-state index in [0.29, 0.717) is 12.0 Å². The van der Waals surface area contributed by atoms with Crippen LogP contribution in [0.2, 0.25) is 5.02 Å². The van der Waals surface area contributed by atoms with Crippen LogP contribution in [-0.4, -0.2) is 5.11 Å². The van der Waals surface area contributed by atoms with Gasteiger partial charge in [-0.3, -0.25) is 0 Å². The molecule has 112 valence electrons. The fourth-order valence-electron chi connectivity index (χ4n) is 2.49. The molecule has 0 spiro atoms. The Bertz CT molecular complexity index is 631. The topological polar surface area (TPSA) is 20.2 Å². The van der Waals surface area contributed by atoms with E-state index in [-0.39, 0.29) is 10.4 Å². The van der Waals surface area contributed by atoms with E-state index in [1.54, 1.807) is 12.1 Å². The maximum Gasteiger partial charge on any atom is 0.142 e. The Hall–Kier alpha value is -1.38. The van der Waals surface area contributed by atoms with Crippen LogP contribution in [0.25, 0.3) is 0 Å². The molecular weight excluding hydrogens is 287 g/mol. The molecule has 0 fully saturated rings. The summed E-state index contributed by atoms with van der Waals surface area (Å²) in [5.41, 5.74) is 2.51. The Morgan fingerprint density at radius 1 is 1.10 bits per heavy atom. The smallest absolute Gasteiger partial charge is 0.142 e. The maximum atomic E-state index is 13.5. The van der Waals surface area contributed by atoms with Gasteiger partial charge in [0.15, 0.2) is 0 Å². The van der Waals surface area contributed by atoms with Crippen LogP contribution in [0.4, 0.5) is 4.39 Å². The van der Waals surface area contributed by atoms with Gasteiger partial charge in [0.05, 0.1) is 11.1 Å². The molecule has 1 N–H and O–H groups in total. The first-order valence-electron chi connectivity index (χ1n) is 7.01. The summed E-state index contributed by atoms with van der Waals surface area (Å²) in [6, 6.07) is 12.5. The molecule has 1 unspecified atom stereocenters. The van der Waals surface area contributed by atoms with Gasteiger partial charge < -0.3 is 5.11 Å². The predicted octanol–water partition coefficient (Wildman–Crippen LogP) is 5.05. The highest BCUT2D eigenvalue weighted by Gasteiger charge is 2.22. The fourth-order valence-corrected chi connectivity index (χ4v) is 2.70. The van der Waals surface area contributed by atoms with Crippen LogP contribution < -0.4 is 0 Å². The zero-order valence-electron chi connectivity index (χ0n) is 12.5. The van der Waals surface area contributed by atoms with Crippen molar-refractivity contribution in [3.05, 3.63) is 70.0 Å². The van der Waals surface area contributed by atoms with Crippen molar-refractivity contribution in [2.24, 2.45) is 0 Å². The predicted molar refractivity (Wildman–Crippen MR) is 85.2 cm³/mol. The zero-order valence-corrected chi connectivity index (χ0v) is 13.3. The minimum absolute atomic E-state index is 0.0662. The third-order valence-corrected chi connectivity index (χ3v) is 4.00. The quantitative estimate of drug-likeness (QED) is 0.841. The molecule has 1 atom stereocenters. The van der Waals surface area contributed by atoms with Crippen molar-refractivity contribution in [2.45, 2.75) is 38.7 Å². The van der Waals surface area contributed by atoms with Crippen LogP contribution >= 0.6 is 11.6 Å². The Kier molecular flexibility index (Phi) is 4.70. The molecule has 2 aromatic carbocycles. The largest absolute Gasteiger partial charge is 0.388 e. The van der Waals surface area contributed by atoms with E-state index in [2.05, 4.69) is 20.8 Å². The molecule has 2 rings (SSSR count). The molecule has 0 heterocycles. The molecule has 0 aromatic heterocycles. The van der Waals surface area contributed by atoms with Crippen LogP contribution in [0, 0.1) is 5.82 Å². The molecule has 0 aliphatic rings. The normalized spacial score (nSPS) is 13.2. The van der Waals surface area contributed by atoms with Crippen molar-refractivity contribution in [1.82, 2.24) is 0 Å². The second-order valence-electron chi connectivity index (χ2n) is 6.27. The molecule has 2 aromatic rings. The Morgan fingerprint density at radius 2 is 1.76 bits per heavy atom. The number of hydrogen-bond donors (Lipinski definition) is 1. The van der Waals surface area contributed by atoms with Gasteiger partial charge in [-0.2, -0.15) is 0 Å². The molecule has 3 heteroatoms. The number of aliphatic hydroxyl groups is 1. The van der Waals surface area contributed by atoms with Crippen LogP contribution in [0.1, 0.15) is 43.6 Å². The average Bonchev–Trinajstić information content (AvgIpc) is 2.43. The molecular formula is C18H20ClFO. The molecule has 1 nitrogen and oxygen atoms in total. The van der Waals surface area contributed by atoms with E-state index in [1.165, 1.54) is 6.07 Å². The summed E-state index contributed by atoms with van der Waals surface area (Å²) in [6.45, 7) is 6.31. The number of halogens is 2. The second kappa shape index (κ2) is 6.17. The highest BCUT2D eigenvalue weighted by molar-refractivity contribution is 6.31. The number of hydrogen-bond acceptors (Lipinski definition) is 1. The fraction of sp³-hybridized carbons (Fsp3) is 0.333. The first-order chi connectivity index (χ1) is 9.80. The lowest BCUT2D eigenvalue weighted by molar-refractivity contribution is 0.176.